The van der Waals surface area contributed by atoms with Crippen molar-refractivity contribution in [3.63, 3.8) is 0 Å². The molecule has 1 rings (SSSR count). The van der Waals surface area contributed by atoms with Gasteiger partial charge in [-0.3, -0.25) is 0 Å². The van der Waals surface area contributed by atoms with Gasteiger partial charge in [-0.2, -0.15) is 39.5 Å². The highest BCUT2D eigenvalue weighted by Crippen LogP contribution is 2.53. The van der Waals surface area contributed by atoms with E-state index in [1.165, 1.54) is 0 Å². The zero-order valence-electron chi connectivity index (χ0n) is 9.01. The van der Waals surface area contributed by atoms with Gasteiger partial charge in [-0.05, 0) is 6.07 Å². The van der Waals surface area contributed by atoms with Crippen LogP contribution >= 0.6 is 0 Å². The molecule has 10 heteroatoms. The van der Waals surface area contributed by atoms with Crippen LogP contribution in [0.25, 0.3) is 0 Å². The topological polar surface area (TPSA) is 0 Å². The molecule has 0 aliphatic heterocycles. The quantitative estimate of drug-likeness (QED) is 0.654. The van der Waals surface area contributed by atoms with Crippen LogP contribution in [-0.2, 0) is 11.8 Å². The Balaban J connectivity index is 3.53. The normalized spacial score (nSPS) is 14.5. The van der Waals surface area contributed by atoms with Crippen LogP contribution in [0.1, 0.15) is 11.1 Å². The maximum Gasteiger partial charge on any atom is 0.435 e. The van der Waals surface area contributed by atoms with E-state index in [2.05, 4.69) is 0 Å². The average molecular weight is 313 g/mol. The van der Waals surface area contributed by atoms with E-state index < -0.39 is 35.3 Å². The molecule has 0 bridgehead atoms. The van der Waals surface area contributed by atoms with Gasteiger partial charge in [0.05, 0.1) is 5.56 Å². The summed E-state index contributed by atoms with van der Waals surface area (Å²) in [6, 6.07) is 1.15. The Bertz CT molecular complexity index is 464. The van der Waals surface area contributed by atoms with E-state index in [0.717, 1.165) is 6.07 Å². The van der Waals surface area contributed by atoms with Gasteiger partial charge >= 0.3 is 24.2 Å². The average Bonchev–Trinajstić information content (AvgIpc) is 2.24. The van der Waals surface area contributed by atoms with Gasteiger partial charge in [0.15, 0.2) is 0 Å². The van der Waals surface area contributed by atoms with Crippen LogP contribution < -0.4 is 0 Å². The number of hydrogen-bond acceptors (Lipinski definition) is 0. The second-order valence-corrected chi connectivity index (χ2v) is 3.63. The summed E-state index contributed by atoms with van der Waals surface area (Å²) in [5.74, 6) is 0. The van der Waals surface area contributed by atoms with E-state index in [1.807, 2.05) is 0 Å². The summed E-state index contributed by atoms with van der Waals surface area (Å²) >= 11 is 0. The fourth-order valence-corrected chi connectivity index (χ4v) is 1.30. The lowest BCUT2D eigenvalue weighted by atomic mass is 9.92. The first-order valence-corrected chi connectivity index (χ1v) is 4.63. The van der Waals surface area contributed by atoms with Crippen molar-refractivity contribution in [1.29, 1.82) is 0 Å². The highest BCUT2D eigenvalue weighted by molar-refractivity contribution is 5.31. The predicted molar refractivity (Wildman–Crippen MR) is 45.2 cm³/mol. The maximum atomic E-state index is 13.5. The monoisotopic (exact) mass is 313 g/mol. The fourth-order valence-electron chi connectivity index (χ4n) is 1.30. The molecule has 0 heterocycles. The number of alkyl halides is 10. The van der Waals surface area contributed by atoms with Crippen molar-refractivity contribution in [2.24, 2.45) is 0 Å². The first-order valence-electron chi connectivity index (χ1n) is 4.63. The minimum absolute atomic E-state index is 0.0593. The van der Waals surface area contributed by atoms with E-state index in [-0.39, 0.29) is 18.2 Å². The molecular weight excluding hydrogens is 310 g/mol. The molecule has 1 aromatic rings. The Morgan fingerprint density at radius 3 is 1.40 bits per heavy atom. The van der Waals surface area contributed by atoms with Gasteiger partial charge in [0.25, 0.3) is 0 Å². The summed E-state index contributed by atoms with van der Waals surface area (Å²) in [6.45, 7) is 0. The molecule has 0 saturated carbocycles. The van der Waals surface area contributed by atoms with E-state index in [9.17, 15) is 43.9 Å². The van der Waals surface area contributed by atoms with E-state index in [1.54, 1.807) is 0 Å². The molecule has 0 unspecified atom stereocenters. The number of hydrogen-bond donors (Lipinski definition) is 0. The molecule has 0 saturated heterocycles. The Labute approximate surface area is 105 Å². The largest absolute Gasteiger partial charge is 0.435 e. The molecule has 0 atom stereocenters. The van der Waals surface area contributed by atoms with Crippen molar-refractivity contribution in [1.82, 2.24) is 0 Å². The van der Waals surface area contributed by atoms with Gasteiger partial charge in [0.1, 0.15) is 0 Å². The molecule has 0 fully saturated rings. The van der Waals surface area contributed by atoms with Crippen molar-refractivity contribution in [2.45, 2.75) is 24.2 Å². The summed E-state index contributed by atoms with van der Waals surface area (Å²) in [5, 5.41) is 0. The third-order valence-electron chi connectivity index (χ3n) is 2.25. The minimum atomic E-state index is -6.48. The Morgan fingerprint density at radius 1 is 0.650 bits per heavy atom. The van der Waals surface area contributed by atoms with Crippen molar-refractivity contribution in [3.8, 4) is 0 Å². The summed E-state index contributed by atoms with van der Waals surface area (Å²) in [6.07, 6.45) is -18.2. The Kier molecular flexibility index (Phi) is 3.75. The standard InChI is InChI=1S/C10H3F10/c11-7(9(15,16)17,10(18,19)20)5-2-1-3-6(4-5)8(12,13)14/h1-3H. The zero-order valence-corrected chi connectivity index (χ0v) is 9.01. The van der Waals surface area contributed by atoms with Crippen LogP contribution in [0, 0.1) is 6.07 Å². The molecular formula is C10H3F10. The molecule has 0 nitrogen and oxygen atoms in total. The van der Waals surface area contributed by atoms with Crippen LogP contribution in [0.2, 0.25) is 0 Å². The first-order chi connectivity index (χ1) is 8.71. The third kappa shape index (κ3) is 2.68. The Hall–Kier alpha value is -1.48. The lowest BCUT2D eigenvalue weighted by Crippen LogP contribution is -2.50. The summed E-state index contributed by atoms with van der Waals surface area (Å²) in [4.78, 5) is 0. The summed E-state index contributed by atoms with van der Waals surface area (Å²) in [5.41, 5.74) is -10.2. The van der Waals surface area contributed by atoms with Crippen LogP contribution in [0.15, 0.2) is 18.2 Å². The van der Waals surface area contributed by atoms with E-state index in [4.69, 9.17) is 0 Å². The van der Waals surface area contributed by atoms with Gasteiger partial charge in [-0.15, -0.1) is 0 Å². The van der Waals surface area contributed by atoms with Gasteiger partial charge in [0, 0.05) is 11.6 Å². The molecule has 1 aromatic carbocycles. The van der Waals surface area contributed by atoms with Crippen LogP contribution in [0.3, 0.4) is 0 Å². The molecule has 0 N–H and O–H groups in total. The highest BCUT2D eigenvalue weighted by Gasteiger charge is 2.73. The second-order valence-electron chi connectivity index (χ2n) is 3.63. The van der Waals surface area contributed by atoms with Crippen molar-refractivity contribution in [2.75, 3.05) is 0 Å². The Morgan fingerprint density at radius 2 is 1.05 bits per heavy atom. The lowest BCUT2D eigenvalue weighted by molar-refractivity contribution is -0.348. The van der Waals surface area contributed by atoms with Crippen LogP contribution in [-0.4, -0.2) is 12.4 Å². The van der Waals surface area contributed by atoms with Gasteiger partial charge in [-0.25, -0.2) is 4.39 Å². The number of rotatable bonds is 1. The van der Waals surface area contributed by atoms with Crippen molar-refractivity contribution in [3.05, 3.63) is 35.4 Å². The lowest BCUT2D eigenvalue weighted by Gasteiger charge is -2.30. The molecule has 20 heavy (non-hydrogen) atoms. The smallest absolute Gasteiger partial charge is 0.218 e. The number of halogens is 10. The molecule has 0 aliphatic carbocycles. The summed E-state index contributed by atoms with van der Waals surface area (Å²) < 4.78 is 124. The van der Waals surface area contributed by atoms with E-state index >= 15 is 0 Å². The third-order valence-corrected chi connectivity index (χ3v) is 2.25. The van der Waals surface area contributed by atoms with Gasteiger partial charge in [0.2, 0.25) is 0 Å². The molecule has 0 aliphatic rings. The fraction of sp³-hybridized carbons (Fsp3) is 0.400. The first kappa shape index (κ1) is 16.6. The molecule has 0 aromatic heterocycles. The SMILES string of the molecule is FC(F)(F)c1[c]c(C(F)(C(F)(F)F)C(F)(F)F)ccc1. The van der Waals surface area contributed by atoms with Gasteiger partial charge < -0.3 is 0 Å². The van der Waals surface area contributed by atoms with Crippen molar-refractivity contribution >= 4 is 0 Å². The molecule has 1 radical (unpaired) electrons. The van der Waals surface area contributed by atoms with Gasteiger partial charge in [-0.1, -0.05) is 12.1 Å². The molecule has 0 spiro atoms. The minimum Gasteiger partial charge on any atom is -0.218 e. The van der Waals surface area contributed by atoms with E-state index in [0.29, 0.717) is 0 Å². The summed E-state index contributed by atoms with van der Waals surface area (Å²) in [7, 11) is 0. The molecule has 0 amide bonds. The second kappa shape index (κ2) is 4.52. The van der Waals surface area contributed by atoms with Crippen LogP contribution in [0.4, 0.5) is 43.9 Å². The number of benzene rings is 1. The predicted octanol–water partition coefficient (Wildman–Crippen LogP) is 4.79. The van der Waals surface area contributed by atoms with Crippen molar-refractivity contribution < 1.29 is 43.9 Å². The molecule has 113 valence electrons. The highest BCUT2D eigenvalue weighted by atomic mass is 19.4. The zero-order chi connectivity index (χ0) is 16.0. The van der Waals surface area contributed by atoms with Crippen LogP contribution in [0.5, 0.6) is 0 Å². The maximum absolute atomic E-state index is 13.5.